The average molecular weight is 421 g/mol. The fourth-order valence-corrected chi connectivity index (χ4v) is 3.32. The number of halogens is 1. The minimum absolute atomic E-state index is 0.00526. The van der Waals surface area contributed by atoms with Crippen LogP contribution in [0.1, 0.15) is 26.7 Å². The van der Waals surface area contributed by atoms with Crippen molar-refractivity contribution >= 4 is 50.9 Å². The highest BCUT2D eigenvalue weighted by Gasteiger charge is 2.15. The first-order valence-corrected chi connectivity index (χ1v) is 9.78. The molecule has 4 nitrogen and oxygen atoms in total. The van der Waals surface area contributed by atoms with Gasteiger partial charge in [0.1, 0.15) is 0 Å². The number of thioether (sulfide) groups is 1. The average Bonchev–Trinajstić information content (AvgIpc) is 2.57. The van der Waals surface area contributed by atoms with Crippen LogP contribution >= 0.6 is 27.7 Å². The van der Waals surface area contributed by atoms with Crippen molar-refractivity contribution in [1.82, 2.24) is 0 Å². The van der Waals surface area contributed by atoms with Crippen LogP contribution in [0, 0.1) is 0 Å². The van der Waals surface area contributed by atoms with Gasteiger partial charge in [-0.05, 0) is 55.8 Å². The minimum Gasteiger partial charge on any atom is -0.326 e. The summed E-state index contributed by atoms with van der Waals surface area (Å²) in [5.41, 5.74) is 1.52. The van der Waals surface area contributed by atoms with E-state index in [4.69, 9.17) is 0 Å². The van der Waals surface area contributed by atoms with Gasteiger partial charge in [0.2, 0.25) is 11.8 Å². The molecule has 25 heavy (non-hydrogen) atoms. The van der Waals surface area contributed by atoms with E-state index in [2.05, 4.69) is 26.6 Å². The van der Waals surface area contributed by atoms with Crippen LogP contribution in [0.2, 0.25) is 0 Å². The molecule has 132 valence electrons. The topological polar surface area (TPSA) is 58.2 Å². The van der Waals surface area contributed by atoms with Crippen molar-refractivity contribution in [2.75, 3.05) is 10.6 Å². The SMILES string of the molecule is CCCC(=O)Nc1cccc(SC(C)C(=O)Nc2ccc(Br)cc2)c1. The Balaban J connectivity index is 1.95. The summed E-state index contributed by atoms with van der Waals surface area (Å²) in [7, 11) is 0. The van der Waals surface area contributed by atoms with Crippen LogP contribution in [-0.2, 0) is 9.59 Å². The Morgan fingerprint density at radius 3 is 2.48 bits per heavy atom. The van der Waals surface area contributed by atoms with Crippen molar-refractivity contribution in [2.45, 2.75) is 36.8 Å². The van der Waals surface area contributed by atoms with Gasteiger partial charge in [-0.15, -0.1) is 11.8 Å². The summed E-state index contributed by atoms with van der Waals surface area (Å²) in [5, 5.41) is 5.52. The minimum atomic E-state index is -0.259. The first kappa shape index (κ1) is 19.5. The molecule has 2 aromatic rings. The van der Waals surface area contributed by atoms with E-state index in [0.717, 1.165) is 27.2 Å². The third kappa shape index (κ3) is 6.55. The lowest BCUT2D eigenvalue weighted by molar-refractivity contribution is -0.116. The summed E-state index contributed by atoms with van der Waals surface area (Å²) in [5.74, 6) is -0.0570. The lowest BCUT2D eigenvalue weighted by atomic mass is 10.3. The molecule has 0 fully saturated rings. The maximum atomic E-state index is 12.3. The van der Waals surface area contributed by atoms with Crippen LogP contribution < -0.4 is 10.6 Å². The molecule has 2 aromatic carbocycles. The molecule has 1 unspecified atom stereocenters. The highest BCUT2D eigenvalue weighted by atomic mass is 79.9. The van der Waals surface area contributed by atoms with E-state index < -0.39 is 0 Å². The first-order valence-electron chi connectivity index (χ1n) is 8.11. The van der Waals surface area contributed by atoms with Gasteiger partial charge in [-0.3, -0.25) is 9.59 Å². The number of benzene rings is 2. The molecule has 6 heteroatoms. The fourth-order valence-electron chi connectivity index (χ4n) is 2.13. The Morgan fingerprint density at radius 1 is 1.08 bits per heavy atom. The van der Waals surface area contributed by atoms with Gasteiger partial charge in [0, 0.05) is 27.2 Å². The Kier molecular flexibility index (Phi) is 7.52. The van der Waals surface area contributed by atoms with Crippen LogP contribution in [0.5, 0.6) is 0 Å². The molecule has 0 aliphatic carbocycles. The summed E-state index contributed by atoms with van der Waals surface area (Å²) in [6.07, 6.45) is 1.32. The number of amides is 2. The van der Waals surface area contributed by atoms with Gasteiger partial charge in [-0.2, -0.15) is 0 Å². The Bertz CT molecular complexity index is 734. The number of hydrogen-bond acceptors (Lipinski definition) is 3. The predicted molar refractivity (Wildman–Crippen MR) is 108 cm³/mol. The summed E-state index contributed by atoms with van der Waals surface area (Å²) in [6, 6.07) is 15.0. The zero-order valence-electron chi connectivity index (χ0n) is 14.2. The van der Waals surface area contributed by atoms with Gasteiger partial charge < -0.3 is 10.6 Å². The maximum Gasteiger partial charge on any atom is 0.237 e. The third-order valence-electron chi connectivity index (χ3n) is 3.39. The van der Waals surface area contributed by atoms with E-state index in [1.54, 1.807) is 0 Å². The molecule has 0 saturated carbocycles. The van der Waals surface area contributed by atoms with Crippen molar-refractivity contribution in [3.05, 3.63) is 53.0 Å². The molecule has 0 heterocycles. The third-order valence-corrected chi connectivity index (χ3v) is 5.01. The fraction of sp³-hybridized carbons (Fsp3) is 0.263. The quantitative estimate of drug-likeness (QED) is 0.596. The molecule has 1 atom stereocenters. The molecule has 0 spiro atoms. The molecule has 2 rings (SSSR count). The van der Waals surface area contributed by atoms with Crippen LogP contribution in [0.3, 0.4) is 0 Å². The summed E-state index contributed by atoms with van der Waals surface area (Å²) in [4.78, 5) is 25.0. The largest absolute Gasteiger partial charge is 0.326 e. The van der Waals surface area contributed by atoms with E-state index in [1.807, 2.05) is 62.4 Å². The second-order valence-corrected chi connectivity index (χ2v) is 7.91. The molecule has 0 aromatic heterocycles. The zero-order valence-corrected chi connectivity index (χ0v) is 16.6. The number of nitrogens with one attached hydrogen (secondary N) is 2. The maximum absolute atomic E-state index is 12.3. The molecule has 0 radical (unpaired) electrons. The van der Waals surface area contributed by atoms with Gasteiger partial charge in [-0.1, -0.05) is 28.9 Å². The molecular weight excluding hydrogens is 400 g/mol. The number of carbonyl (C=O) groups is 2. The number of anilines is 2. The van der Waals surface area contributed by atoms with Crippen molar-refractivity contribution < 1.29 is 9.59 Å². The monoisotopic (exact) mass is 420 g/mol. The molecule has 0 saturated heterocycles. The van der Waals surface area contributed by atoms with E-state index >= 15 is 0 Å². The first-order chi connectivity index (χ1) is 12.0. The van der Waals surface area contributed by atoms with Crippen LogP contribution in [-0.4, -0.2) is 17.1 Å². The standard InChI is InChI=1S/C19H21BrN2O2S/c1-3-5-18(23)21-16-6-4-7-17(12-16)25-13(2)19(24)22-15-10-8-14(20)9-11-15/h4,6-13H,3,5H2,1-2H3,(H,21,23)(H,22,24). The molecule has 0 aliphatic rings. The van der Waals surface area contributed by atoms with Gasteiger partial charge in [0.25, 0.3) is 0 Å². The van der Waals surface area contributed by atoms with Gasteiger partial charge in [0.05, 0.1) is 5.25 Å². The number of hydrogen-bond donors (Lipinski definition) is 2. The van der Waals surface area contributed by atoms with E-state index in [1.165, 1.54) is 11.8 Å². The zero-order chi connectivity index (χ0) is 18.2. The second-order valence-electron chi connectivity index (χ2n) is 5.58. The van der Waals surface area contributed by atoms with Crippen LogP contribution in [0.15, 0.2) is 57.9 Å². The summed E-state index contributed by atoms with van der Waals surface area (Å²) < 4.78 is 0.967. The second kappa shape index (κ2) is 9.63. The van der Waals surface area contributed by atoms with Crippen molar-refractivity contribution in [1.29, 1.82) is 0 Å². The molecule has 2 amide bonds. The van der Waals surface area contributed by atoms with E-state index in [0.29, 0.717) is 6.42 Å². The molecule has 0 bridgehead atoms. The Labute approximate surface area is 160 Å². The van der Waals surface area contributed by atoms with Gasteiger partial charge in [0.15, 0.2) is 0 Å². The molecule has 0 aliphatic heterocycles. The van der Waals surface area contributed by atoms with Gasteiger partial charge >= 0.3 is 0 Å². The summed E-state index contributed by atoms with van der Waals surface area (Å²) >= 11 is 4.83. The lowest BCUT2D eigenvalue weighted by Crippen LogP contribution is -2.22. The highest BCUT2D eigenvalue weighted by Crippen LogP contribution is 2.27. The molecular formula is C19H21BrN2O2S. The normalized spacial score (nSPS) is 11.6. The summed E-state index contributed by atoms with van der Waals surface area (Å²) in [6.45, 7) is 3.83. The lowest BCUT2D eigenvalue weighted by Gasteiger charge is -2.13. The molecule has 2 N–H and O–H groups in total. The number of rotatable bonds is 7. The van der Waals surface area contributed by atoms with E-state index in [9.17, 15) is 9.59 Å². The van der Waals surface area contributed by atoms with Crippen LogP contribution in [0.4, 0.5) is 11.4 Å². The van der Waals surface area contributed by atoms with Crippen LogP contribution in [0.25, 0.3) is 0 Å². The Hall–Kier alpha value is -1.79. The van der Waals surface area contributed by atoms with Crippen molar-refractivity contribution in [2.24, 2.45) is 0 Å². The van der Waals surface area contributed by atoms with Gasteiger partial charge in [-0.25, -0.2) is 0 Å². The number of carbonyl (C=O) groups excluding carboxylic acids is 2. The van der Waals surface area contributed by atoms with Crippen molar-refractivity contribution in [3.63, 3.8) is 0 Å². The van der Waals surface area contributed by atoms with Crippen molar-refractivity contribution in [3.8, 4) is 0 Å². The van der Waals surface area contributed by atoms with E-state index in [-0.39, 0.29) is 17.1 Å². The highest BCUT2D eigenvalue weighted by molar-refractivity contribution is 9.10. The Morgan fingerprint density at radius 2 is 1.80 bits per heavy atom. The predicted octanol–water partition coefficient (Wildman–Crippen LogP) is 5.31. The smallest absolute Gasteiger partial charge is 0.237 e.